The normalized spacial score (nSPS) is 11.8. The third-order valence-corrected chi connectivity index (χ3v) is 7.13. The molecule has 2 aromatic heterocycles. The van der Waals surface area contributed by atoms with Gasteiger partial charge in [-0.3, -0.25) is 0 Å². The SMILES string of the molecule is COC(=O)c1ccc2nc(Cc3cc(F)c(-c4cccc(OCc5ccc(C#N)cc5F)n4)cc3F)n(C[C@@H](C)OC)c2c1. The Kier molecular flexibility index (Phi) is 8.92. The zero-order chi connectivity index (χ0) is 31.4. The number of ether oxygens (including phenoxy) is 3. The second-order valence-corrected chi connectivity index (χ2v) is 10.0. The third kappa shape index (κ3) is 6.40. The first-order chi connectivity index (χ1) is 21.2. The molecule has 0 aliphatic carbocycles. The van der Waals surface area contributed by atoms with Crippen LogP contribution >= 0.6 is 0 Å². The number of hydrogen-bond acceptors (Lipinski definition) is 7. The summed E-state index contributed by atoms with van der Waals surface area (Å²) in [7, 11) is 2.86. The van der Waals surface area contributed by atoms with E-state index in [0.29, 0.717) is 29.0 Å². The Labute approximate surface area is 251 Å². The molecule has 8 nitrogen and oxygen atoms in total. The van der Waals surface area contributed by atoms with Crippen molar-refractivity contribution in [1.29, 1.82) is 5.26 Å². The van der Waals surface area contributed by atoms with Gasteiger partial charge in [-0.25, -0.2) is 27.9 Å². The van der Waals surface area contributed by atoms with E-state index in [-0.39, 0.29) is 53.0 Å². The fraction of sp³-hybridized carbons (Fsp3) is 0.212. The number of nitrogens with zero attached hydrogens (tertiary/aromatic N) is 4. The van der Waals surface area contributed by atoms with Crippen LogP contribution in [0.4, 0.5) is 13.2 Å². The predicted octanol–water partition coefficient (Wildman–Crippen LogP) is 6.38. The van der Waals surface area contributed by atoms with Gasteiger partial charge in [0.05, 0.1) is 53.7 Å². The van der Waals surface area contributed by atoms with Gasteiger partial charge in [-0.2, -0.15) is 5.26 Å². The molecule has 0 aliphatic rings. The first kappa shape index (κ1) is 30.3. The van der Waals surface area contributed by atoms with Gasteiger partial charge in [0.2, 0.25) is 5.88 Å². The van der Waals surface area contributed by atoms with Gasteiger partial charge in [0.15, 0.2) is 0 Å². The number of imidazole rings is 1. The maximum Gasteiger partial charge on any atom is 0.337 e. The van der Waals surface area contributed by atoms with Crippen LogP contribution < -0.4 is 4.74 Å². The van der Waals surface area contributed by atoms with Crippen molar-refractivity contribution in [2.24, 2.45) is 0 Å². The molecule has 0 aliphatic heterocycles. The molecule has 224 valence electrons. The standard InChI is InChI=1S/C33H27F3N4O4/c1-19(42-2)17-40-30-13-21(33(41)43-3)9-10-29(30)38-31(40)14-23-12-27(36)24(15-26(23)35)28-5-4-6-32(39-28)44-18-22-8-7-20(16-37)11-25(22)34/h4-13,15,19H,14,17-18H2,1-3H3/t19-/m1/s1. The molecule has 11 heteroatoms. The molecule has 5 aromatic rings. The minimum absolute atomic E-state index is 0.0333. The Morgan fingerprint density at radius 1 is 0.955 bits per heavy atom. The summed E-state index contributed by atoms with van der Waals surface area (Å²) < 4.78 is 62.9. The molecule has 0 amide bonds. The summed E-state index contributed by atoms with van der Waals surface area (Å²) >= 11 is 0. The molecule has 3 aromatic carbocycles. The van der Waals surface area contributed by atoms with Crippen LogP contribution in [0, 0.1) is 28.8 Å². The molecule has 0 unspecified atom stereocenters. The van der Waals surface area contributed by atoms with Crippen LogP contribution in [0.3, 0.4) is 0 Å². The first-order valence-electron chi connectivity index (χ1n) is 13.6. The Morgan fingerprint density at radius 2 is 1.75 bits per heavy atom. The number of carbonyl (C=O) groups is 1. The van der Waals surface area contributed by atoms with Crippen molar-refractivity contribution >= 4 is 17.0 Å². The van der Waals surface area contributed by atoms with E-state index in [1.807, 2.05) is 17.6 Å². The average Bonchev–Trinajstić information content (AvgIpc) is 3.37. The number of pyridine rings is 1. The molecule has 44 heavy (non-hydrogen) atoms. The molecule has 0 radical (unpaired) electrons. The molecule has 1 atom stereocenters. The highest BCUT2D eigenvalue weighted by molar-refractivity contribution is 5.93. The van der Waals surface area contributed by atoms with Crippen LogP contribution in [0.2, 0.25) is 0 Å². The minimum Gasteiger partial charge on any atom is -0.473 e. The van der Waals surface area contributed by atoms with Crippen molar-refractivity contribution in [2.75, 3.05) is 14.2 Å². The Morgan fingerprint density at radius 3 is 2.48 bits per heavy atom. The van der Waals surface area contributed by atoms with Gasteiger partial charge in [0.25, 0.3) is 0 Å². The van der Waals surface area contributed by atoms with E-state index in [1.54, 1.807) is 31.4 Å². The zero-order valence-electron chi connectivity index (χ0n) is 24.1. The highest BCUT2D eigenvalue weighted by Gasteiger charge is 2.20. The van der Waals surface area contributed by atoms with Gasteiger partial charge in [0.1, 0.15) is 29.9 Å². The Hall–Kier alpha value is -5.21. The Balaban J connectivity index is 1.42. The molecular weight excluding hydrogens is 573 g/mol. The van der Waals surface area contributed by atoms with Gasteiger partial charge in [-0.1, -0.05) is 12.1 Å². The number of rotatable bonds is 10. The number of hydrogen-bond donors (Lipinski definition) is 0. The smallest absolute Gasteiger partial charge is 0.337 e. The van der Waals surface area contributed by atoms with Crippen LogP contribution in [-0.4, -0.2) is 40.8 Å². The number of halogens is 3. The van der Waals surface area contributed by atoms with Crippen molar-refractivity contribution in [3.05, 3.63) is 112 Å². The number of fused-ring (bicyclic) bond motifs is 1. The third-order valence-electron chi connectivity index (χ3n) is 7.13. The highest BCUT2D eigenvalue weighted by Crippen LogP contribution is 2.28. The monoisotopic (exact) mass is 600 g/mol. The highest BCUT2D eigenvalue weighted by atomic mass is 19.1. The number of aromatic nitrogens is 3. The summed E-state index contributed by atoms with van der Waals surface area (Å²) in [5.41, 5.74) is 2.06. The van der Waals surface area contributed by atoms with Gasteiger partial charge < -0.3 is 18.8 Å². The summed E-state index contributed by atoms with van der Waals surface area (Å²) in [4.78, 5) is 21.0. The number of carbonyl (C=O) groups excluding carboxylic acids is 1. The van der Waals surface area contributed by atoms with Gasteiger partial charge in [-0.05, 0) is 61.0 Å². The minimum atomic E-state index is -0.704. The van der Waals surface area contributed by atoms with E-state index in [1.165, 1.54) is 31.4 Å². The zero-order valence-corrected chi connectivity index (χ0v) is 24.1. The quantitative estimate of drug-likeness (QED) is 0.172. The molecule has 0 N–H and O–H groups in total. The molecule has 0 bridgehead atoms. The lowest BCUT2D eigenvalue weighted by molar-refractivity contribution is 0.0601. The van der Waals surface area contributed by atoms with Crippen molar-refractivity contribution in [3.63, 3.8) is 0 Å². The van der Waals surface area contributed by atoms with Gasteiger partial charge >= 0.3 is 5.97 Å². The number of methoxy groups -OCH3 is 2. The molecule has 0 spiro atoms. The lowest BCUT2D eigenvalue weighted by Crippen LogP contribution is -2.17. The topological polar surface area (TPSA) is 99.3 Å². The van der Waals surface area contributed by atoms with Gasteiger partial charge in [-0.15, -0.1) is 0 Å². The van der Waals surface area contributed by atoms with E-state index in [9.17, 15) is 9.18 Å². The van der Waals surface area contributed by atoms with Crippen LogP contribution in [0.5, 0.6) is 5.88 Å². The number of esters is 1. The van der Waals surface area contributed by atoms with E-state index >= 15 is 8.78 Å². The average molecular weight is 601 g/mol. The summed E-state index contributed by atoms with van der Waals surface area (Å²) in [6.45, 7) is 2.05. The molecule has 5 rings (SSSR count). The molecule has 0 saturated heterocycles. The summed E-state index contributed by atoms with van der Waals surface area (Å²) in [6.07, 6.45) is -0.264. The summed E-state index contributed by atoms with van der Waals surface area (Å²) in [6, 6.07) is 17.6. The lowest BCUT2D eigenvalue weighted by Gasteiger charge is -2.15. The maximum absolute atomic E-state index is 15.5. The van der Waals surface area contributed by atoms with Crippen LogP contribution in [0.1, 0.15) is 39.8 Å². The van der Waals surface area contributed by atoms with E-state index in [4.69, 9.17) is 19.5 Å². The van der Waals surface area contributed by atoms with E-state index in [2.05, 4.69) is 9.97 Å². The Bertz CT molecular complexity index is 1900. The van der Waals surface area contributed by atoms with Crippen LogP contribution in [0.15, 0.2) is 66.7 Å². The van der Waals surface area contributed by atoms with Crippen molar-refractivity contribution in [2.45, 2.75) is 32.6 Å². The van der Waals surface area contributed by atoms with Crippen molar-refractivity contribution < 1.29 is 32.2 Å². The predicted molar refractivity (Wildman–Crippen MR) is 155 cm³/mol. The summed E-state index contributed by atoms with van der Waals surface area (Å²) in [5.74, 6) is -1.93. The number of nitriles is 1. The van der Waals surface area contributed by atoms with E-state index < -0.39 is 23.4 Å². The second-order valence-electron chi connectivity index (χ2n) is 10.0. The molecule has 0 fully saturated rings. The second kappa shape index (κ2) is 13.0. The van der Waals surface area contributed by atoms with Crippen LogP contribution in [-0.2, 0) is 29.0 Å². The molecule has 0 saturated carbocycles. The fourth-order valence-electron chi connectivity index (χ4n) is 4.71. The fourth-order valence-corrected chi connectivity index (χ4v) is 4.71. The lowest BCUT2D eigenvalue weighted by atomic mass is 10.0. The summed E-state index contributed by atoms with van der Waals surface area (Å²) in [5, 5.41) is 8.91. The molecule has 2 heterocycles. The molecular formula is C33H27F3N4O4. The van der Waals surface area contributed by atoms with Gasteiger partial charge in [0, 0.05) is 30.7 Å². The van der Waals surface area contributed by atoms with Crippen molar-refractivity contribution in [1.82, 2.24) is 14.5 Å². The van der Waals surface area contributed by atoms with Crippen molar-refractivity contribution in [3.8, 4) is 23.2 Å². The van der Waals surface area contributed by atoms with E-state index in [0.717, 1.165) is 18.2 Å². The van der Waals surface area contributed by atoms with Crippen LogP contribution in [0.25, 0.3) is 22.3 Å². The maximum atomic E-state index is 15.5. The largest absolute Gasteiger partial charge is 0.473 e. The first-order valence-corrected chi connectivity index (χ1v) is 13.6. The number of benzene rings is 3.